The third-order valence-corrected chi connectivity index (χ3v) is 4.80. The number of carbonyl (C=O) groups is 1. The molecule has 1 aromatic carbocycles. The Morgan fingerprint density at radius 2 is 1.95 bits per heavy atom. The van der Waals surface area contributed by atoms with Gasteiger partial charge in [-0.3, -0.25) is 0 Å². The van der Waals surface area contributed by atoms with E-state index >= 15 is 0 Å². The summed E-state index contributed by atoms with van der Waals surface area (Å²) in [5.74, 6) is -2.11. The lowest BCUT2D eigenvalue weighted by Gasteiger charge is -2.20. The van der Waals surface area contributed by atoms with Crippen LogP contribution in [0.1, 0.15) is 29.8 Å². The van der Waals surface area contributed by atoms with Crippen LogP contribution in [-0.2, 0) is 10.0 Å². The average Bonchev–Trinajstić information content (AvgIpc) is 2.30. The van der Waals surface area contributed by atoms with Gasteiger partial charge in [0.15, 0.2) is 0 Å². The van der Waals surface area contributed by atoms with E-state index in [1.807, 2.05) is 13.8 Å². The molecular weight excluding hydrogens is 285 g/mol. The summed E-state index contributed by atoms with van der Waals surface area (Å²) in [7, 11) is -2.52. The molecule has 0 fully saturated rings. The summed E-state index contributed by atoms with van der Waals surface area (Å²) in [6.45, 7) is 5.29. The second-order valence-electron chi connectivity index (χ2n) is 5.07. The molecule has 0 radical (unpaired) electrons. The zero-order valence-corrected chi connectivity index (χ0v) is 12.7. The highest BCUT2D eigenvalue weighted by molar-refractivity contribution is 7.89. The van der Waals surface area contributed by atoms with Crippen molar-refractivity contribution in [3.8, 4) is 0 Å². The molecule has 0 atom stereocenters. The minimum absolute atomic E-state index is 0.0781. The van der Waals surface area contributed by atoms with Crippen molar-refractivity contribution in [2.24, 2.45) is 5.92 Å². The Morgan fingerprint density at radius 1 is 1.40 bits per heavy atom. The van der Waals surface area contributed by atoms with E-state index in [1.165, 1.54) is 14.0 Å². The molecule has 0 unspecified atom stereocenters. The van der Waals surface area contributed by atoms with E-state index in [9.17, 15) is 17.6 Å². The third-order valence-electron chi connectivity index (χ3n) is 2.85. The summed E-state index contributed by atoms with van der Waals surface area (Å²) in [5.41, 5.74) is -0.463. The number of nitrogens with zero attached hydrogens (tertiary/aromatic N) is 1. The van der Waals surface area contributed by atoms with Crippen molar-refractivity contribution in [2.45, 2.75) is 25.7 Å². The quantitative estimate of drug-likeness (QED) is 0.904. The lowest BCUT2D eigenvalue weighted by atomic mass is 10.1. The predicted molar refractivity (Wildman–Crippen MR) is 72.8 cm³/mol. The van der Waals surface area contributed by atoms with Gasteiger partial charge in [0, 0.05) is 19.2 Å². The zero-order valence-electron chi connectivity index (χ0n) is 11.8. The van der Waals surface area contributed by atoms with Crippen LogP contribution in [0.3, 0.4) is 0 Å². The summed E-state index contributed by atoms with van der Waals surface area (Å²) in [4.78, 5) is 10.6. The topological polar surface area (TPSA) is 74.7 Å². The number of carboxylic acids is 1. The lowest BCUT2D eigenvalue weighted by Crippen LogP contribution is -2.31. The molecule has 0 heterocycles. The molecule has 0 bridgehead atoms. The van der Waals surface area contributed by atoms with Crippen molar-refractivity contribution < 1.29 is 22.7 Å². The number of halogens is 1. The molecule has 0 aliphatic rings. The van der Waals surface area contributed by atoms with Gasteiger partial charge >= 0.3 is 5.97 Å². The Balaban J connectivity index is 3.41. The van der Waals surface area contributed by atoms with E-state index in [2.05, 4.69) is 0 Å². The molecule has 0 aromatic heterocycles. The maximum Gasteiger partial charge on any atom is 0.335 e. The van der Waals surface area contributed by atoms with Crippen molar-refractivity contribution in [1.29, 1.82) is 0 Å². The Bertz CT molecular complexity index is 626. The van der Waals surface area contributed by atoms with Gasteiger partial charge in [-0.15, -0.1) is 0 Å². The predicted octanol–water partition coefficient (Wildman–Crippen LogP) is 2.11. The minimum atomic E-state index is -3.91. The van der Waals surface area contributed by atoms with E-state index in [-0.39, 0.29) is 28.5 Å². The van der Waals surface area contributed by atoms with E-state index in [0.717, 1.165) is 16.4 Å². The number of benzene rings is 1. The molecule has 1 aromatic rings. The highest BCUT2D eigenvalue weighted by Crippen LogP contribution is 2.24. The first-order valence-corrected chi connectivity index (χ1v) is 7.51. The van der Waals surface area contributed by atoms with Crippen LogP contribution in [0.25, 0.3) is 0 Å². The van der Waals surface area contributed by atoms with Gasteiger partial charge < -0.3 is 5.11 Å². The molecule has 1 N–H and O–H groups in total. The number of rotatable bonds is 5. The maximum atomic E-state index is 13.7. The van der Waals surface area contributed by atoms with Crippen molar-refractivity contribution in [1.82, 2.24) is 4.31 Å². The van der Waals surface area contributed by atoms with Crippen molar-refractivity contribution in [3.63, 3.8) is 0 Å². The molecule has 112 valence electrons. The largest absolute Gasteiger partial charge is 0.478 e. The summed E-state index contributed by atoms with van der Waals surface area (Å²) < 4.78 is 39.6. The number of aromatic carboxylic acids is 1. The van der Waals surface area contributed by atoms with Crippen LogP contribution in [-0.4, -0.2) is 37.4 Å². The summed E-state index contributed by atoms with van der Waals surface area (Å²) in [5, 5.41) is 8.90. The molecule has 20 heavy (non-hydrogen) atoms. The molecule has 7 heteroatoms. The molecule has 0 saturated heterocycles. The highest BCUT2D eigenvalue weighted by atomic mass is 32.2. The molecule has 0 spiro atoms. The summed E-state index contributed by atoms with van der Waals surface area (Å²) >= 11 is 0. The van der Waals surface area contributed by atoms with E-state index in [0.29, 0.717) is 0 Å². The Hall–Kier alpha value is -1.47. The van der Waals surface area contributed by atoms with Gasteiger partial charge in [0.1, 0.15) is 5.82 Å². The van der Waals surface area contributed by atoms with Gasteiger partial charge in [0.2, 0.25) is 10.0 Å². The van der Waals surface area contributed by atoms with Crippen LogP contribution in [0.15, 0.2) is 17.0 Å². The van der Waals surface area contributed by atoms with Crippen LogP contribution >= 0.6 is 0 Å². The molecule has 0 saturated carbocycles. The van der Waals surface area contributed by atoms with Crippen molar-refractivity contribution in [3.05, 3.63) is 29.1 Å². The van der Waals surface area contributed by atoms with Crippen LogP contribution in [0, 0.1) is 18.7 Å². The Kier molecular flexibility index (Phi) is 4.88. The van der Waals surface area contributed by atoms with Crippen molar-refractivity contribution >= 4 is 16.0 Å². The zero-order chi connectivity index (χ0) is 15.7. The average molecular weight is 303 g/mol. The molecule has 1 rings (SSSR count). The highest BCUT2D eigenvalue weighted by Gasteiger charge is 2.26. The Labute approximate surface area is 118 Å². The molecule has 0 aliphatic heterocycles. The second-order valence-corrected chi connectivity index (χ2v) is 7.08. The number of carboxylic acid groups (broad SMARTS) is 1. The standard InChI is InChI=1S/C13H18FNO4S/c1-8(2)7-15(4)20(18,19)12-6-10(13(16)17)5-11(14)9(12)3/h5-6,8H,7H2,1-4H3,(H,16,17). The normalized spacial score (nSPS) is 12.2. The number of hydrogen-bond donors (Lipinski definition) is 1. The van der Waals surface area contributed by atoms with Gasteiger partial charge in [-0.2, -0.15) is 0 Å². The van der Waals surface area contributed by atoms with Gasteiger partial charge in [-0.1, -0.05) is 13.8 Å². The van der Waals surface area contributed by atoms with E-state index < -0.39 is 21.8 Å². The fraction of sp³-hybridized carbons (Fsp3) is 0.462. The first kappa shape index (κ1) is 16.6. The first-order valence-electron chi connectivity index (χ1n) is 6.07. The molecule has 5 nitrogen and oxygen atoms in total. The fourth-order valence-corrected chi connectivity index (χ4v) is 3.42. The van der Waals surface area contributed by atoms with Crippen LogP contribution in [0.5, 0.6) is 0 Å². The summed E-state index contributed by atoms with van der Waals surface area (Å²) in [6, 6.07) is 1.81. The maximum absolute atomic E-state index is 13.7. The van der Waals surface area contributed by atoms with Gasteiger partial charge in [-0.05, 0) is 25.0 Å². The minimum Gasteiger partial charge on any atom is -0.478 e. The van der Waals surface area contributed by atoms with E-state index in [4.69, 9.17) is 5.11 Å². The van der Waals surface area contributed by atoms with Gasteiger partial charge in [0.05, 0.1) is 10.5 Å². The molecule has 0 amide bonds. The van der Waals surface area contributed by atoms with Gasteiger partial charge in [0.25, 0.3) is 0 Å². The molecule has 0 aliphatic carbocycles. The second kappa shape index (κ2) is 5.88. The lowest BCUT2D eigenvalue weighted by molar-refractivity contribution is 0.0696. The van der Waals surface area contributed by atoms with E-state index in [1.54, 1.807) is 0 Å². The number of sulfonamides is 1. The van der Waals surface area contributed by atoms with Crippen LogP contribution in [0.2, 0.25) is 0 Å². The van der Waals surface area contributed by atoms with Crippen molar-refractivity contribution in [2.75, 3.05) is 13.6 Å². The fourth-order valence-electron chi connectivity index (χ4n) is 1.83. The summed E-state index contributed by atoms with van der Waals surface area (Å²) in [6.07, 6.45) is 0. The Morgan fingerprint density at radius 3 is 2.40 bits per heavy atom. The third kappa shape index (κ3) is 3.34. The van der Waals surface area contributed by atoms with Gasteiger partial charge in [-0.25, -0.2) is 21.9 Å². The monoisotopic (exact) mass is 303 g/mol. The molecular formula is C13H18FNO4S. The number of hydrogen-bond acceptors (Lipinski definition) is 3. The van der Waals surface area contributed by atoms with Crippen LogP contribution in [0.4, 0.5) is 4.39 Å². The first-order chi connectivity index (χ1) is 9.07. The van der Waals surface area contributed by atoms with Crippen LogP contribution < -0.4 is 0 Å². The smallest absolute Gasteiger partial charge is 0.335 e. The SMILES string of the molecule is Cc1c(F)cc(C(=O)O)cc1S(=O)(=O)N(C)CC(C)C.